The van der Waals surface area contributed by atoms with Crippen molar-refractivity contribution in [3.8, 4) is 0 Å². The van der Waals surface area contributed by atoms with Crippen LogP contribution in [0.1, 0.15) is 17.2 Å². The van der Waals surface area contributed by atoms with Gasteiger partial charge >= 0.3 is 0 Å². The Balaban J connectivity index is 2.36. The second kappa shape index (κ2) is 6.01. The molecule has 0 aliphatic rings. The van der Waals surface area contributed by atoms with Crippen LogP contribution in [0.15, 0.2) is 42.5 Å². The van der Waals surface area contributed by atoms with Crippen molar-refractivity contribution in [1.82, 2.24) is 0 Å². The van der Waals surface area contributed by atoms with Gasteiger partial charge in [0.05, 0.1) is 6.04 Å². The number of halogens is 2. The Kier molecular flexibility index (Phi) is 4.35. The molecule has 0 aliphatic carbocycles. The van der Waals surface area contributed by atoms with E-state index in [4.69, 9.17) is 5.73 Å². The van der Waals surface area contributed by atoms with Gasteiger partial charge in [0.25, 0.3) is 0 Å². The lowest BCUT2D eigenvalue weighted by Gasteiger charge is -2.30. The molecule has 0 aliphatic heterocycles. The number of anilines is 1. The minimum absolute atomic E-state index is 0.272. The van der Waals surface area contributed by atoms with Gasteiger partial charge < -0.3 is 10.6 Å². The average molecular weight is 276 g/mol. The van der Waals surface area contributed by atoms with Crippen molar-refractivity contribution < 1.29 is 8.78 Å². The smallest absolute Gasteiger partial charge is 0.128 e. The summed E-state index contributed by atoms with van der Waals surface area (Å²) in [5.41, 5.74) is 8.14. The lowest BCUT2D eigenvalue weighted by molar-refractivity contribution is 0.571. The molecule has 20 heavy (non-hydrogen) atoms. The van der Waals surface area contributed by atoms with Crippen LogP contribution in [0.2, 0.25) is 0 Å². The number of likely N-dealkylation sites (N-methyl/N-ethyl adjacent to an activating group) is 1. The maximum absolute atomic E-state index is 14.0. The fourth-order valence-corrected chi connectivity index (χ4v) is 2.27. The van der Waals surface area contributed by atoms with Crippen LogP contribution in [0.5, 0.6) is 0 Å². The molecule has 0 spiro atoms. The second-order valence-corrected chi connectivity index (χ2v) is 4.86. The van der Waals surface area contributed by atoms with E-state index in [-0.39, 0.29) is 24.2 Å². The Hall–Kier alpha value is -1.94. The van der Waals surface area contributed by atoms with Crippen LogP contribution < -0.4 is 10.6 Å². The number of hydrogen-bond donors (Lipinski definition) is 1. The van der Waals surface area contributed by atoms with Crippen molar-refractivity contribution in [2.24, 2.45) is 5.73 Å². The summed E-state index contributed by atoms with van der Waals surface area (Å²) >= 11 is 0. The standard InChI is InChI=1S/C16H18F2N2/c1-11-3-8-15(18)14(9-11)16(10-19)20(2)13-6-4-12(17)5-7-13/h3-9,16H,10,19H2,1-2H3. The quantitative estimate of drug-likeness (QED) is 0.927. The molecule has 0 saturated carbocycles. The molecule has 2 N–H and O–H groups in total. The number of rotatable bonds is 4. The summed E-state index contributed by atoms with van der Waals surface area (Å²) in [6.45, 7) is 2.18. The van der Waals surface area contributed by atoms with E-state index < -0.39 is 0 Å². The lowest BCUT2D eigenvalue weighted by Crippen LogP contribution is -2.31. The Labute approximate surface area is 117 Å². The van der Waals surface area contributed by atoms with Crippen molar-refractivity contribution in [3.05, 3.63) is 65.2 Å². The first-order chi connectivity index (χ1) is 9.52. The highest BCUT2D eigenvalue weighted by atomic mass is 19.1. The van der Waals surface area contributed by atoms with E-state index >= 15 is 0 Å². The third-order valence-electron chi connectivity index (χ3n) is 3.44. The number of aryl methyl sites for hydroxylation is 1. The van der Waals surface area contributed by atoms with Crippen molar-refractivity contribution in [3.63, 3.8) is 0 Å². The van der Waals surface area contributed by atoms with Crippen LogP contribution in [0.3, 0.4) is 0 Å². The second-order valence-electron chi connectivity index (χ2n) is 4.86. The minimum atomic E-state index is -0.298. The molecule has 0 fully saturated rings. The van der Waals surface area contributed by atoms with Crippen LogP contribution in [-0.2, 0) is 0 Å². The van der Waals surface area contributed by atoms with E-state index in [2.05, 4.69) is 0 Å². The summed E-state index contributed by atoms with van der Waals surface area (Å²) in [7, 11) is 1.83. The maximum Gasteiger partial charge on any atom is 0.128 e. The SMILES string of the molecule is Cc1ccc(F)c(C(CN)N(C)c2ccc(F)cc2)c1. The molecule has 0 heterocycles. The van der Waals surface area contributed by atoms with Gasteiger partial charge in [-0.05, 0) is 37.3 Å². The summed E-state index contributed by atoms with van der Waals surface area (Å²) in [6, 6.07) is 10.8. The fraction of sp³-hybridized carbons (Fsp3) is 0.250. The minimum Gasteiger partial charge on any atom is -0.366 e. The van der Waals surface area contributed by atoms with Gasteiger partial charge in [-0.3, -0.25) is 0 Å². The van der Waals surface area contributed by atoms with Crippen LogP contribution in [0.25, 0.3) is 0 Å². The zero-order valence-corrected chi connectivity index (χ0v) is 11.6. The summed E-state index contributed by atoms with van der Waals surface area (Å²) in [6.07, 6.45) is 0. The molecule has 2 aromatic rings. The van der Waals surface area contributed by atoms with Gasteiger partial charge in [0.15, 0.2) is 0 Å². The average Bonchev–Trinajstić information content (AvgIpc) is 2.44. The van der Waals surface area contributed by atoms with E-state index in [1.54, 1.807) is 24.3 Å². The van der Waals surface area contributed by atoms with Gasteiger partial charge in [-0.25, -0.2) is 8.78 Å². The Morgan fingerprint density at radius 3 is 2.35 bits per heavy atom. The predicted molar refractivity (Wildman–Crippen MR) is 77.7 cm³/mol. The van der Waals surface area contributed by atoms with Crippen molar-refractivity contribution in [2.75, 3.05) is 18.5 Å². The molecule has 2 aromatic carbocycles. The van der Waals surface area contributed by atoms with Crippen molar-refractivity contribution >= 4 is 5.69 Å². The summed E-state index contributed by atoms with van der Waals surface area (Å²) in [4.78, 5) is 1.86. The van der Waals surface area contributed by atoms with E-state index in [0.29, 0.717) is 5.56 Å². The van der Waals surface area contributed by atoms with Crippen LogP contribution >= 0.6 is 0 Å². The molecule has 0 aromatic heterocycles. The van der Waals surface area contributed by atoms with Crippen LogP contribution in [0, 0.1) is 18.6 Å². The van der Waals surface area contributed by atoms with Crippen molar-refractivity contribution in [1.29, 1.82) is 0 Å². The monoisotopic (exact) mass is 276 g/mol. The molecule has 2 rings (SSSR count). The molecular weight excluding hydrogens is 258 g/mol. The topological polar surface area (TPSA) is 29.3 Å². The predicted octanol–water partition coefficient (Wildman–Crippen LogP) is 3.41. The molecule has 0 amide bonds. The number of hydrogen-bond acceptors (Lipinski definition) is 2. The highest BCUT2D eigenvalue weighted by molar-refractivity contribution is 5.48. The highest BCUT2D eigenvalue weighted by Gasteiger charge is 2.19. The maximum atomic E-state index is 14.0. The fourth-order valence-electron chi connectivity index (χ4n) is 2.27. The van der Waals surface area contributed by atoms with Gasteiger partial charge in [0.2, 0.25) is 0 Å². The zero-order chi connectivity index (χ0) is 14.7. The van der Waals surface area contributed by atoms with Gasteiger partial charge in [-0.2, -0.15) is 0 Å². The molecule has 106 valence electrons. The Bertz CT molecular complexity index is 582. The van der Waals surface area contributed by atoms with Crippen LogP contribution in [0.4, 0.5) is 14.5 Å². The van der Waals surface area contributed by atoms with Crippen LogP contribution in [-0.4, -0.2) is 13.6 Å². The molecule has 2 nitrogen and oxygen atoms in total. The number of nitrogens with two attached hydrogens (primary N) is 1. The first-order valence-corrected chi connectivity index (χ1v) is 6.47. The molecule has 1 atom stereocenters. The first-order valence-electron chi connectivity index (χ1n) is 6.47. The lowest BCUT2D eigenvalue weighted by atomic mass is 10.0. The Morgan fingerprint density at radius 2 is 1.75 bits per heavy atom. The van der Waals surface area contributed by atoms with E-state index in [0.717, 1.165) is 11.3 Å². The van der Waals surface area contributed by atoms with E-state index in [1.807, 2.05) is 18.9 Å². The third-order valence-corrected chi connectivity index (χ3v) is 3.44. The zero-order valence-electron chi connectivity index (χ0n) is 11.6. The summed E-state index contributed by atoms with van der Waals surface area (Å²) < 4.78 is 27.0. The van der Waals surface area contributed by atoms with Gasteiger partial charge in [-0.1, -0.05) is 17.7 Å². The largest absolute Gasteiger partial charge is 0.366 e. The molecular formula is C16H18F2N2. The van der Waals surface area contributed by atoms with Gasteiger partial charge in [-0.15, -0.1) is 0 Å². The number of nitrogens with zero attached hydrogens (tertiary/aromatic N) is 1. The van der Waals surface area contributed by atoms with E-state index in [9.17, 15) is 8.78 Å². The third kappa shape index (κ3) is 2.96. The van der Waals surface area contributed by atoms with Crippen molar-refractivity contribution in [2.45, 2.75) is 13.0 Å². The highest BCUT2D eigenvalue weighted by Crippen LogP contribution is 2.27. The van der Waals surface area contributed by atoms with Gasteiger partial charge in [0.1, 0.15) is 11.6 Å². The number of benzene rings is 2. The molecule has 4 heteroatoms. The summed E-state index contributed by atoms with van der Waals surface area (Å²) in [5.74, 6) is -0.576. The molecule has 0 saturated heterocycles. The van der Waals surface area contributed by atoms with E-state index in [1.165, 1.54) is 18.2 Å². The molecule has 0 bridgehead atoms. The normalized spacial score (nSPS) is 12.2. The Morgan fingerprint density at radius 1 is 1.10 bits per heavy atom. The summed E-state index contributed by atoms with van der Waals surface area (Å²) in [5, 5.41) is 0. The van der Waals surface area contributed by atoms with Gasteiger partial charge in [0, 0.05) is 24.8 Å². The first kappa shape index (κ1) is 14.5. The molecule has 0 radical (unpaired) electrons. The molecule has 1 unspecified atom stereocenters.